The van der Waals surface area contributed by atoms with Gasteiger partial charge in [0.15, 0.2) is 0 Å². The lowest BCUT2D eigenvalue weighted by Gasteiger charge is -2.14. The van der Waals surface area contributed by atoms with Crippen LogP contribution in [0.15, 0.2) is 11.4 Å². The van der Waals surface area contributed by atoms with Gasteiger partial charge in [-0.25, -0.2) is 0 Å². The average molecular weight is 265 g/mol. The van der Waals surface area contributed by atoms with E-state index in [0.717, 1.165) is 30.8 Å². The second-order valence-electron chi connectivity index (χ2n) is 4.25. The van der Waals surface area contributed by atoms with Crippen molar-refractivity contribution in [3.8, 4) is 0 Å². The minimum atomic E-state index is 0.217. The SMILES string of the molecule is CCNC(Cc1cc(CC)nn1C)c1csnn1. The summed E-state index contributed by atoms with van der Waals surface area (Å²) in [5, 5.41) is 14.1. The van der Waals surface area contributed by atoms with Crippen molar-refractivity contribution in [1.29, 1.82) is 0 Å². The molecule has 0 radical (unpaired) electrons. The third-order valence-corrected chi connectivity index (χ3v) is 3.51. The van der Waals surface area contributed by atoms with E-state index in [1.54, 1.807) is 0 Å². The van der Waals surface area contributed by atoms with Crippen LogP contribution in [0.25, 0.3) is 0 Å². The summed E-state index contributed by atoms with van der Waals surface area (Å²) in [7, 11) is 2.00. The molecule has 2 aromatic rings. The molecule has 6 heteroatoms. The van der Waals surface area contributed by atoms with E-state index in [1.807, 2.05) is 17.1 Å². The molecule has 98 valence electrons. The first-order chi connectivity index (χ1) is 8.74. The van der Waals surface area contributed by atoms with Crippen LogP contribution < -0.4 is 5.32 Å². The molecule has 1 unspecified atom stereocenters. The first-order valence-corrected chi connectivity index (χ1v) is 7.10. The van der Waals surface area contributed by atoms with Crippen LogP contribution in [-0.4, -0.2) is 25.9 Å². The van der Waals surface area contributed by atoms with E-state index in [0.29, 0.717) is 0 Å². The van der Waals surface area contributed by atoms with Gasteiger partial charge in [0, 0.05) is 24.5 Å². The van der Waals surface area contributed by atoms with Gasteiger partial charge in [-0.05, 0) is 30.6 Å². The third-order valence-electron chi connectivity index (χ3n) is 2.99. The van der Waals surface area contributed by atoms with Crippen molar-refractivity contribution in [1.82, 2.24) is 24.7 Å². The monoisotopic (exact) mass is 265 g/mol. The van der Waals surface area contributed by atoms with E-state index in [2.05, 4.69) is 39.9 Å². The zero-order chi connectivity index (χ0) is 13.0. The maximum atomic E-state index is 4.48. The van der Waals surface area contributed by atoms with Gasteiger partial charge in [0.25, 0.3) is 0 Å². The molecule has 0 saturated heterocycles. The van der Waals surface area contributed by atoms with E-state index < -0.39 is 0 Å². The van der Waals surface area contributed by atoms with Crippen molar-refractivity contribution in [2.75, 3.05) is 6.54 Å². The molecule has 0 aliphatic rings. The lowest BCUT2D eigenvalue weighted by Crippen LogP contribution is -2.24. The zero-order valence-electron chi connectivity index (χ0n) is 11.1. The summed E-state index contributed by atoms with van der Waals surface area (Å²) in [5.74, 6) is 0. The molecule has 0 bridgehead atoms. The summed E-state index contributed by atoms with van der Waals surface area (Å²) in [6.07, 6.45) is 1.86. The molecule has 1 N–H and O–H groups in total. The second kappa shape index (κ2) is 6.06. The molecule has 1 atom stereocenters. The van der Waals surface area contributed by atoms with Crippen LogP contribution in [0.2, 0.25) is 0 Å². The van der Waals surface area contributed by atoms with E-state index in [4.69, 9.17) is 0 Å². The standard InChI is InChI=1S/C12H19N5S/c1-4-9-6-10(17(3)15-9)7-11(13-5-2)12-8-18-16-14-12/h6,8,11,13H,4-5,7H2,1-3H3. The van der Waals surface area contributed by atoms with Gasteiger partial charge in [-0.15, -0.1) is 5.10 Å². The Morgan fingerprint density at radius 1 is 1.44 bits per heavy atom. The number of likely N-dealkylation sites (N-methyl/N-ethyl adjacent to an activating group) is 1. The average Bonchev–Trinajstić information content (AvgIpc) is 2.99. The minimum Gasteiger partial charge on any atom is -0.309 e. The van der Waals surface area contributed by atoms with Gasteiger partial charge in [-0.3, -0.25) is 4.68 Å². The van der Waals surface area contributed by atoms with Crippen molar-refractivity contribution >= 4 is 11.5 Å². The molecule has 0 saturated carbocycles. The molecule has 0 aromatic carbocycles. The molecule has 18 heavy (non-hydrogen) atoms. The van der Waals surface area contributed by atoms with Crippen LogP contribution in [0.1, 0.15) is 37.0 Å². The molecule has 2 heterocycles. The van der Waals surface area contributed by atoms with E-state index >= 15 is 0 Å². The normalized spacial score (nSPS) is 12.8. The predicted molar refractivity (Wildman–Crippen MR) is 72.6 cm³/mol. The first kappa shape index (κ1) is 13.2. The van der Waals surface area contributed by atoms with Crippen LogP contribution in [0.4, 0.5) is 0 Å². The van der Waals surface area contributed by atoms with E-state index in [9.17, 15) is 0 Å². The Bertz CT molecular complexity index is 477. The van der Waals surface area contributed by atoms with Gasteiger partial charge in [0.05, 0.1) is 17.4 Å². The number of nitrogens with zero attached hydrogens (tertiary/aromatic N) is 4. The summed E-state index contributed by atoms with van der Waals surface area (Å²) in [4.78, 5) is 0. The Kier molecular flexibility index (Phi) is 4.43. The van der Waals surface area contributed by atoms with Crippen molar-refractivity contribution in [3.05, 3.63) is 28.5 Å². The molecule has 0 aliphatic heterocycles. The van der Waals surface area contributed by atoms with Crippen LogP contribution >= 0.6 is 11.5 Å². The molecule has 2 aromatic heterocycles. The van der Waals surface area contributed by atoms with Crippen molar-refractivity contribution < 1.29 is 0 Å². The van der Waals surface area contributed by atoms with Gasteiger partial charge >= 0.3 is 0 Å². The molecule has 0 fully saturated rings. The molecular weight excluding hydrogens is 246 g/mol. The number of aromatic nitrogens is 4. The largest absolute Gasteiger partial charge is 0.309 e. The smallest absolute Gasteiger partial charge is 0.0928 e. The fourth-order valence-electron chi connectivity index (χ4n) is 2.00. The number of hydrogen-bond acceptors (Lipinski definition) is 5. The fourth-order valence-corrected chi connectivity index (χ4v) is 2.50. The zero-order valence-corrected chi connectivity index (χ0v) is 11.9. The molecule has 0 amide bonds. The molecule has 2 rings (SSSR count). The molecule has 0 spiro atoms. The highest BCUT2D eigenvalue weighted by Crippen LogP contribution is 2.18. The van der Waals surface area contributed by atoms with Crippen molar-refractivity contribution in [2.24, 2.45) is 7.05 Å². The fraction of sp³-hybridized carbons (Fsp3) is 0.583. The number of aryl methyl sites for hydroxylation is 2. The minimum absolute atomic E-state index is 0.217. The van der Waals surface area contributed by atoms with Crippen LogP contribution in [-0.2, 0) is 19.9 Å². The highest BCUT2D eigenvalue weighted by molar-refractivity contribution is 7.03. The summed E-state index contributed by atoms with van der Waals surface area (Å²) >= 11 is 1.39. The van der Waals surface area contributed by atoms with E-state index in [1.165, 1.54) is 17.2 Å². The Hall–Kier alpha value is -1.27. The van der Waals surface area contributed by atoms with Crippen LogP contribution in [0.5, 0.6) is 0 Å². The molecule has 0 aliphatic carbocycles. The summed E-state index contributed by atoms with van der Waals surface area (Å²) in [6.45, 7) is 5.15. The van der Waals surface area contributed by atoms with Gasteiger partial charge in [0.2, 0.25) is 0 Å². The Morgan fingerprint density at radius 3 is 2.83 bits per heavy atom. The van der Waals surface area contributed by atoms with E-state index in [-0.39, 0.29) is 6.04 Å². The number of rotatable bonds is 6. The van der Waals surface area contributed by atoms with Crippen molar-refractivity contribution in [3.63, 3.8) is 0 Å². The van der Waals surface area contributed by atoms with Gasteiger partial charge in [0.1, 0.15) is 0 Å². The van der Waals surface area contributed by atoms with Gasteiger partial charge in [-0.1, -0.05) is 18.3 Å². The van der Waals surface area contributed by atoms with Crippen LogP contribution in [0.3, 0.4) is 0 Å². The maximum absolute atomic E-state index is 4.48. The lowest BCUT2D eigenvalue weighted by atomic mass is 10.1. The first-order valence-electron chi connectivity index (χ1n) is 6.26. The lowest BCUT2D eigenvalue weighted by molar-refractivity contribution is 0.516. The quantitative estimate of drug-likeness (QED) is 0.864. The highest BCUT2D eigenvalue weighted by Gasteiger charge is 2.16. The Labute approximate surface area is 111 Å². The summed E-state index contributed by atoms with van der Waals surface area (Å²) in [5.41, 5.74) is 3.38. The summed E-state index contributed by atoms with van der Waals surface area (Å²) in [6, 6.07) is 2.39. The van der Waals surface area contributed by atoms with Gasteiger partial charge in [-0.2, -0.15) is 5.10 Å². The van der Waals surface area contributed by atoms with Gasteiger partial charge < -0.3 is 5.32 Å². The number of nitrogens with one attached hydrogen (secondary N) is 1. The Morgan fingerprint density at radius 2 is 2.28 bits per heavy atom. The maximum Gasteiger partial charge on any atom is 0.0928 e. The predicted octanol–water partition coefficient (Wildman–Crippen LogP) is 1.73. The summed E-state index contributed by atoms with van der Waals surface area (Å²) < 4.78 is 5.90. The third kappa shape index (κ3) is 2.94. The highest BCUT2D eigenvalue weighted by atomic mass is 32.1. The van der Waals surface area contributed by atoms with Crippen molar-refractivity contribution in [2.45, 2.75) is 32.7 Å². The van der Waals surface area contributed by atoms with Crippen LogP contribution in [0, 0.1) is 0 Å². The second-order valence-corrected chi connectivity index (χ2v) is 4.86. The Balaban J connectivity index is 2.15. The molecule has 5 nitrogen and oxygen atoms in total. The topological polar surface area (TPSA) is 55.6 Å². The molecular formula is C12H19N5S. The number of hydrogen-bond donors (Lipinski definition) is 1.